The van der Waals surface area contributed by atoms with Crippen molar-refractivity contribution in [3.05, 3.63) is 29.8 Å². The van der Waals surface area contributed by atoms with Crippen molar-refractivity contribution in [1.82, 2.24) is 4.90 Å². The monoisotopic (exact) mass is 394 g/mol. The maximum Gasteiger partial charge on any atom is 0.416 e. The first kappa shape index (κ1) is 22.3. The molecule has 0 spiro atoms. The number of benzene rings is 1. The quantitative estimate of drug-likeness (QED) is 0.644. The molecule has 0 fully saturated rings. The standard InChI is InChI=1S/C17H25F3N2O3S/c1-4-10-21(11-5-2)16(23)9-12-22(26(3,24)25)15-8-6-7-14(13-15)17(18,19)20/h6-8,13H,4-5,9-12H2,1-3H3. The van der Waals surface area contributed by atoms with E-state index in [-0.39, 0.29) is 24.6 Å². The zero-order chi connectivity index (χ0) is 20.0. The number of sulfonamides is 1. The molecule has 9 heteroatoms. The topological polar surface area (TPSA) is 57.7 Å². The number of amides is 1. The summed E-state index contributed by atoms with van der Waals surface area (Å²) in [5.41, 5.74) is -1.04. The van der Waals surface area contributed by atoms with Crippen molar-refractivity contribution in [2.45, 2.75) is 39.3 Å². The van der Waals surface area contributed by atoms with E-state index in [1.807, 2.05) is 13.8 Å². The largest absolute Gasteiger partial charge is 0.416 e. The molecule has 0 N–H and O–H groups in total. The van der Waals surface area contributed by atoms with Gasteiger partial charge in [-0.3, -0.25) is 9.10 Å². The summed E-state index contributed by atoms with van der Waals surface area (Å²) in [6.07, 6.45) is -2.21. The highest BCUT2D eigenvalue weighted by Gasteiger charge is 2.31. The van der Waals surface area contributed by atoms with Crippen LogP contribution in [0, 0.1) is 0 Å². The predicted molar refractivity (Wildman–Crippen MR) is 95.4 cm³/mol. The summed E-state index contributed by atoms with van der Waals surface area (Å²) < 4.78 is 63.6. The third-order valence-corrected chi connectivity index (χ3v) is 4.92. The fraction of sp³-hybridized carbons (Fsp3) is 0.588. The van der Waals surface area contributed by atoms with Gasteiger partial charge in [-0.25, -0.2) is 8.42 Å². The van der Waals surface area contributed by atoms with Gasteiger partial charge in [-0.1, -0.05) is 19.9 Å². The van der Waals surface area contributed by atoms with Gasteiger partial charge in [-0.05, 0) is 31.0 Å². The molecule has 0 unspecified atom stereocenters. The van der Waals surface area contributed by atoms with Crippen LogP contribution in [0.5, 0.6) is 0 Å². The van der Waals surface area contributed by atoms with Crippen molar-refractivity contribution in [3.63, 3.8) is 0 Å². The van der Waals surface area contributed by atoms with E-state index in [0.717, 1.165) is 41.6 Å². The van der Waals surface area contributed by atoms with Gasteiger partial charge in [-0.2, -0.15) is 13.2 Å². The maximum absolute atomic E-state index is 12.9. The molecule has 0 aliphatic rings. The summed E-state index contributed by atoms with van der Waals surface area (Å²) in [4.78, 5) is 14.0. The molecule has 0 aliphatic carbocycles. The minimum Gasteiger partial charge on any atom is -0.343 e. The van der Waals surface area contributed by atoms with E-state index in [1.54, 1.807) is 4.90 Å². The number of nitrogens with zero attached hydrogens (tertiary/aromatic N) is 2. The summed E-state index contributed by atoms with van der Waals surface area (Å²) in [5.74, 6) is -0.214. The third-order valence-electron chi connectivity index (χ3n) is 3.73. The van der Waals surface area contributed by atoms with Crippen LogP contribution >= 0.6 is 0 Å². The van der Waals surface area contributed by atoms with Gasteiger partial charge in [-0.15, -0.1) is 0 Å². The lowest BCUT2D eigenvalue weighted by Gasteiger charge is -2.26. The SMILES string of the molecule is CCCN(CCC)C(=O)CCN(c1cccc(C(F)(F)F)c1)S(C)(=O)=O. The van der Waals surface area contributed by atoms with Crippen LogP contribution < -0.4 is 4.31 Å². The lowest BCUT2D eigenvalue weighted by Crippen LogP contribution is -2.37. The summed E-state index contributed by atoms with van der Waals surface area (Å²) in [6, 6.07) is 4.09. The second-order valence-corrected chi connectivity index (χ2v) is 7.92. The first-order valence-electron chi connectivity index (χ1n) is 8.43. The number of alkyl halides is 3. The van der Waals surface area contributed by atoms with Crippen LogP contribution in [0.1, 0.15) is 38.7 Å². The molecule has 148 valence electrons. The molecule has 0 atom stereocenters. The number of hydrogen-bond donors (Lipinski definition) is 0. The molecule has 26 heavy (non-hydrogen) atoms. The number of hydrogen-bond acceptors (Lipinski definition) is 3. The molecule has 1 aromatic carbocycles. The molecule has 5 nitrogen and oxygen atoms in total. The summed E-state index contributed by atoms with van der Waals surface area (Å²) >= 11 is 0. The van der Waals surface area contributed by atoms with Crippen LogP contribution in [-0.4, -0.2) is 45.1 Å². The Kier molecular flexibility index (Phi) is 7.92. The Labute approximate surface area is 152 Å². The molecule has 0 heterocycles. The molecule has 0 aliphatic heterocycles. The minimum absolute atomic E-state index is 0.0939. The van der Waals surface area contributed by atoms with Crippen LogP contribution in [-0.2, 0) is 21.0 Å². The van der Waals surface area contributed by atoms with E-state index in [2.05, 4.69) is 0 Å². The first-order chi connectivity index (χ1) is 12.0. The fourth-order valence-electron chi connectivity index (χ4n) is 2.58. The number of halogens is 3. The van der Waals surface area contributed by atoms with Gasteiger partial charge in [0, 0.05) is 26.1 Å². The van der Waals surface area contributed by atoms with Crippen molar-refractivity contribution in [1.29, 1.82) is 0 Å². The summed E-state index contributed by atoms with van der Waals surface area (Å²) in [6.45, 7) is 4.79. The zero-order valence-corrected chi connectivity index (χ0v) is 16.0. The van der Waals surface area contributed by atoms with Crippen LogP contribution in [0.3, 0.4) is 0 Å². The van der Waals surface area contributed by atoms with Crippen molar-refractivity contribution >= 4 is 21.6 Å². The Bertz CT molecular complexity index is 699. The van der Waals surface area contributed by atoms with Gasteiger partial charge >= 0.3 is 6.18 Å². The Balaban J connectivity index is 3.02. The Morgan fingerprint density at radius 1 is 1.08 bits per heavy atom. The van der Waals surface area contributed by atoms with Crippen LogP contribution in [0.25, 0.3) is 0 Å². The fourth-order valence-corrected chi connectivity index (χ4v) is 3.50. The number of anilines is 1. The van der Waals surface area contributed by atoms with Crippen molar-refractivity contribution in [3.8, 4) is 0 Å². The molecule has 1 aromatic rings. The molecule has 0 radical (unpaired) electrons. The van der Waals surface area contributed by atoms with Crippen LogP contribution in [0.4, 0.5) is 18.9 Å². The predicted octanol–water partition coefficient (Wildman–Crippen LogP) is 3.51. The first-order valence-corrected chi connectivity index (χ1v) is 10.3. The maximum atomic E-state index is 12.9. The van der Waals surface area contributed by atoms with Gasteiger partial charge in [0.25, 0.3) is 0 Å². The lowest BCUT2D eigenvalue weighted by atomic mass is 10.2. The molecular formula is C17H25F3N2O3S. The smallest absolute Gasteiger partial charge is 0.343 e. The molecule has 0 saturated heterocycles. The van der Waals surface area contributed by atoms with Gasteiger partial charge in [0.2, 0.25) is 15.9 Å². The van der Waals surface area contributed by atoms with Gasteiger partial charge in [0.05, 0.1) is 17.5 Å². The third kappa shape index (κ3) is 6.51. The molecule has 0 aromatic heterocycles. The normalized spacial score (nSPS) is 12.1. The molecule has 0 bridgehead atoms. The second kappa shape index (κ2) is 9.25. The highest BCUT2D eigenvalue weighted by atomic mass is 32.2. The zero-order valence-electron chi connectivity index (χ0n) is 15.2. The Morgan fingerprint density at radius 3 is 2.12 bits per heavy atom. The highest BCUT2D eigenvalue weighted by molar-refractivity contribution is 7.92. The van der Waals surface area contributed by atoms with Crippen LogP contribution in [0.15, 0.2) is 24.3 Å². The number of rotatable bonds is 9. The van der Waals surface area contributed by atoms with Gasteiger partial charge < -0.3 is 4.90 Å². The van der Waals surface area contributed by atoms with Gasteiger partial charge in [0.1, 0.15) is 0 Å². The summed E-state index contributed by atoms with van der Waals surface area (Å²) in [7, 11) is -3.83. The van der Waals surface area contributed by atoms with Gasteiger partial charge in [0.15, 0.2) is 0 Å². The van der Waals surface area contributed by atoms with Crippen molar-refractivity contribution in [2.75, 3.05) is 30.2 Å². The molecule has 1 rings (SSSR count). The van der Waals surface area contributed by atoms with E-state index in [0.29, 0.717) is 13.1 Å². The summed E-state index contributed by atoms with van der Waals surface area (Å²) in [5, 5.41) is 0. The van der Waals surface area contributed by atoms with E-state index >= 15 is 0 Å². The van der Waals surface area contributed by atoms with E-state index in [4.69, 9.17) is 0 Å². The molecule has 1 amide bonds. The van der Waals surface area contributed by atoms with Crippen molar-refractivity contribution in [2.24, 2.45) is 0 Å². The van der Waals surface area contributed by atoms with E-state index in [1.165, 1.54) is 6.07 Å². The van der Waals surface area contributed by atoms with E-state index in [9.17, 15) is 26.4 Å². The molecular weight excluding hydrogens is 369 g/mol. The number of carbonyl (C=O) groups excluding carboxylic acids is 1. The van der Waals surface area contributed by atoms with E-state index < -0.39 is 21.8 Å². The number of carbonyl (C=O) groups is 1. The average Bonchev–Trinajstić information content (AvgIpc) is 2.53. The molecule has 0 saturated carbocycles. The van der Waals surface area contributed by atoms with Crippen molar-refractivity contribution < 1.29 is 26.4 Å². The highest BCUT2D eigenvalue weighted by Crippen LogP contribution is 2.32. The van der Waals surface area contributed by atoms with Crippen LogP contribution in [0.2, 0.25) is 0 Å². The lowest BCUT2D eigenvalue weighted by molar-refractivity contribution is -0.137. The second-order valence-electron chi connectivity index (χ2n) is 6.01. The Morgan fingerprint density at radius 2 is 1.65 bits per heavy atom. The minimum atomic E-state index is -4.58. The average molecular weight is 394 g/mol. The Hall–Kier alpha value is -1.77.